The van der Waals surface area contributed by atoms with Crippen molar-refractivity contribution in [2.24, 2.45) is 0 Å². The van der Waals surface area contributed by atoms with Gasteiger partial charge < -0.3 is 9.73 Å². The van der Waals surface area contributed by atoms with Crippen LogP contribution < -0.4 is 5.32 Å². The Balaban J connectivity index is 1.89. The molecule has 2 aromatic rings. The Labute approximate surface area is 114 Å². The van der Waals surface area contributed by atoms with Crippen LogP contribution in [0.25, 0.3) is 17.4 Å². The second-order valence-electron chi connectivity index (χ2n) is 3.96. The van der Waals surface area contributed by atoms with Gasteiger partial charge in [-0.25, -0.2) is 0 Å². The van der Waals surface area contributed by atoms with Crippen LogP contribution in [0.3, 0.4) is 0 Å². The monoisotopic (exact) mass is 270 g/mol. The van der Waals surface area contributed by atoms with E-state index in [1.165, 1.54) is 0 Å². The van der Waals surface area contributed by atoms with Crippen LogP contribution in [0.1, 0.15) is 5.76 Å². The molecule has 19 heavy (non-hydrogen) atoms. The van der Waals surface area contributed by atoms with Crippen molar-refractivity contribution in [3.63, 3.8) is 0 Å². The minimum Gasteiger partial charge on any atom is -0.457 e. The number of furan rings is 1. The molecule has 3 rings (SSSR count). The number of nitrogens with one attached hydrogen (secondary N) is 2. The van der Waals surface area contributed by atoms with Crippen LogP contribution in [-0.2, 0) is 4.79 Å². The van der Waals surface area contributed by atoms with Crippen molar-refractivity contribution >= 4 is 28.9 Å². The first-order valence-corrected chi connectivity index (χ1v) is 6.49. The molecule has 0 atom stereocenters. The molecule has 0 spiro atoms. The third-order valence-electron chi connectivity index (χ3n) is 2.62. The molecule has 1 amide bonds. The van der Waals surface area contributed by atoms with Crippen molar-refractivity contribution in [1.29, 1.82) is 5.41 Å². The van der Waals surface area contributed by atoms with Crippen LogP contribution in [0.2, 0.25) is 0 Å². The smallest absolute Gasteiger partial charge is 0.264 e. The van der Waals surface area contributed by atoms with E-state index in [0.717, 1.165) is 23.1 Å². The molecule has 0 unspecified atom stereocenters. The van der Waals surface area contributed by atoms with Crippen molar-refractivity contribution in [2.75, 3.05) is 0 Å². The molecule has 0 radical (unpaired) electrons. The summed E-state index contributed by atoms with van der Waals surface area (Å²) in [7, 11) is 0. The maximum absolute atomic E-state index is 11.5. The predicted molar refractivity (Wildman–Crippen MR) is 75.6 cm³/mol. The van der Waals surface area contributed by atoms with Gasteiger partial charge in [0.15, 0.2) is 5.17 Å². The van der Waals surface area contributed by atoms with Gasteiger partial charge in [0.05, 0.1) is 4.91 Å². The number of hydrogen-bond donors (Lipinski definition) is 2. The lowest BCUT2D eigenvalue weighted by molar-refractivity contribution is -0.115. The summed E-state index contributed by atoms with van der Waals surface area (Å²) in [4.78, 5) is 12.0. The first kappa shape index (κ1) is 11.8. The van der Waals surface area contributed by atoms with Crippen molar-refractivity contribution in [2.45, 2.75) is 0 Å². The molecule has 0 bridgehead atoms. The fourth-order valence-electron chi connectivity index (χ4n) is 1.76. The second-order valence-corrected chi connectivity index (χ2v) is 5.01. The normalized spacial score (nSPS) is 16.9. The zero-order valence-electron chi connectivity index (χ0n) is 9.84. The summed E-state index contributed by atoms with van der Waals surface area (Å²) in [6.07, 6.45) is 1.65. The fourth-order valence-corrected chi connectivity index (χ4v) is 2.44. The molecule has 2 N–H and O–H groups in total. The first-order valence-electron chi connectivity index (χ1n) is 5.67. The Kier molecular flexibility index (Phi) is 2.97. The van der Waals surface area contributed by atoms with Gasteiger partial charge in [-0.15, -0.1) is 0 Å². The summed E-state index contributed by atoms with van der Waals surface area (Å²) in [5, 5.41) is 9.94. The number of carbonyl (C=O) groups is 1. The third kappa shape index (κ3) is 2.46. The Morgan fingerprint density at radius 3 is 2.63 bits per heavy atom. The van der Waals surface area contributed by atoms with Crippen molar-refractivity contribution in [3.05, 3.63) is 53.1 Å². The highest BCUT2D eigenvalue weighted by Gasteiger charge is 2.22. The van der Waals surface area contributed by atoms with Gasteiger partial charge >= 0.3 is 0 Å². The van der Waals surface area contributed by atoms with Gasteiger partial charge in [0, 0.05) is 11.6 Å². The molecule has 1 saturated heterocycles. The van der Waals surface area contributed by atoms with Crippen LogP contribution >= 0.6 is 11.8 Å². The summed E-state index contributed by atoms with van der Waals surface area (Å²) in [6.45, 7) is 0. The molecule has 94 valence electrons. The molecule has 1 aliphatic heterocycles. The molecular formula is C14H10N2O2S. The minimum atomic E-state index is -0.257. The maximum Gasteiger partial charge on any atom is 0.264 e. The van der Waals surface area contributed by atoms with Crippen LogP contribution in [0.4, 0.5) is 0 Å². The SMILES string of the molecule is N=C1NC(=O)/C(=C\c2ccc(-c3ccccc3)o2)S1. The van der Waals surface area contributed by atoms with Crippen LogP contribution in [0.15, 0.2) is 51.8 Å². The number of carbonyl (C=O) groups excluding carboxylic acids is 1. The Hall–Kier alpha value is -2.27. The van der Waals surface area contributed by atoms with E-state index in [-0.39, 0.29) is 11.1 Å². The number of rotatable bonds is 2. The van der Waals surface area contributed by atoms with Gasteiger partial charge in [-0.2, -0.15) is 0 Å². The largest absolute Gasteiger partial charge is 0.457 e. The number of hydrogen-bond acceptors (Lipinski definition) is 4. The van der Waals surface area contributed by atoms with Crippen LogP contribution in [0.5, 0.6) is 0 Å². The molecule has 0 saturated carbocycles. The number of thioether (sulfide) groups is 1. The fraction of sp³-hybridized carbons (Fsp3) is 0. The van der Waals surface area contributed by atoms with E-state index in [1.54, 1.807) is 6.08 Å². The summed E-state index contributed by atoms with van der Waals surface area (Å²) in [5.74, 6) is 1.10. The first-order chi connectivity index (χ1) is 9.22. The van der Waals surface area contributed by atoms with E-state index in [2.05, 4.69) is 5.32 Å². The van der Waals surface area contributed by atoms with E-state index >= 15 is 0 Å². The van der Waals surface area contributed by atoms with Crippen molar-refractivity contribution in [3.8, 4) is 11.3 Å². The van der Waals surface area contributed by atoms with Gasteiger partial charge in [-0.1, -0.05) is 30.3 Å². The predicted octanol–water partition coefficient (Wildman–Crippen LogP) is 3.09. The average Bonchev–Trinajstić information content (AvgIpc) is 2.99. The number of amides is 1. The minimum absolute atomic E-state index is 0.145. The average molecular weight is 270 g/mol. The summed E-state index contributed by atoms with van der Waals surface area (Å²) in [6, 6.07) is 13.4. The summed E-state index contributed by atoms with van der Waals surface area (Å²) >= 11 is 1.10. The van der Waals surface area contributed by atoms with E-state index in [0.29, 0.717) is 10.7 Å². The molecule has 1 aromatic carbocycles. The zero-order chi connectivity index (χ0) is 13.2. The second kappa shape index (κ2) is 4.78. The van der Waals surface area contributed by atoms with Gasteiger partial charge in [-0.3, -0.25) is 10.2 Å². The topological polar surface area (TPSA) is 66.1 Å². The highest BCUT2D eigenvalue weighted by molar-refractivity contribution is 8.18. The van der Waals surface area contributed by atoms with E-state index in [1.807, 2.05) is 42.5 Å². The lowest BCUT2D eigenvalue weighted by atomic mass is 10.2. The van der Waals surface area contributed by atoms with Gasteiger partial charge in [0.25, 0.3) is 5.91 Å². The quantitative estimate of drug-likeness (QED) is 0.824. The molecular weight excluding hydrogens is 260 g/mol. The zero-order valence-corrected chi connectivity index (χ0v) is 10.7. The molecule has 4 nitrogen and oxygen atoms in total. The Bertz CT molecular complexity index is 674. The van der Waals surface area contributed by atoms with E-state index in [4.69, 9.17) is 9.83 Å². The van der Waals surface area contributed by atoms with Gasteiger partial charge in [-0.05, 0) is 23.9 Å². The van der Waals surface area contributed by atoms with Crippen LogP contribution in [-0.4, -0.2) is 11.1 Å². The molecule has 1 aromatic heterocycles. The maximum atomic E-state index is 11.5. The number of benzene rings is 1. The Morgan fingerprint density at radius 2 is 1.95 bits per heavy atom. The molecule has 1 aliphatic rings. The lowest BCUT2D eigenvalue weighted by Gasteiger charge is -1.95. The molecule has 1 fully saturated rings. The standard InChI is InChI=1S/C14H10N2O2S/c15-14-16-13(17)12(19-14)8-10-6-7-11(18-10)9-4-2-1-3-5-9/h1-8H,(H2,15,16,17)/b12-8+. The van der Waals surface area contributed by atoms with E-state index in [9.17, 15) is 4.79 Å². The lowest BCUT2D eigenvalue weighted by Crippen LogP contribution is -2.18. The highest BCUT2D eigenvalue weighted by Crippen LogP contribution is 2.28. The molecule has 2 heterocycles. The van der Waals surface area contributed by atoms with Crippen molar-refractivity contribution < 1.29 is 9.21 Å². The highest BCUT2D eigenvalue weighted by atomic mass is 32.2. The van der Waals surface area contributed by atoms with Crippen molar-refractivity contribution in [1.82, 2.24) is 5.32 Å². The van der Waals surface area contributed by atoms with Crippen LogP contribution in [0, 0.1) is 5.41 Å². The van der Waals surface area contributed by atoms with E-state index < -0.39 is 0 Å². The molecule has 0 aliphatic carbocycles. The summed E-state index contributed by atoms with van der Waals surface area (Å²) in [5.41, 5.74) is 0.989. The van der Waals surface area contributed by atoms with Gasteiger partial charge in [0.1, 0.15) is 11.5 Å². The third-order valence-corrected chi connectivity index (χ3v) is 3.45. The number of amidine groups is 1. The summed E-state index contributed by atoms with van der Waals surface area (Å²) < 4.78 is 5.67. The van der Waals surface area contributed by atoms with Gasteiger partial charge in [0.2, 0.25) is 0 Å². The molecule has 5 heteroatoms. The Morgan fingerprint density at radius 1 is 1.16 bits per heavy atom.